The number of hydrogen-bond acceptors (Lipinski definition) is 9. The maximum absolute atomic E-state index is 10.5. The zero-order chi connectivity index (χ0) is 24.5. The molecule has 0 spiro atoms. The molecule has 0 bridgehead atoms. The van der Waals surface area contributed by atoms with Crippen LogP contribution >= 0.6 is 22.2 Å². The Morgan fingerprint density at radius 2 is 1.74 bits per heavy atom. The molecule has 11 heteroatoms. The third kappa shape index (κ3) is 4.77. The predicted octanol–water partition coefficient (Wildman–Crippen LogP) is 5.33. The number of nitrogens with zero attached hydrogens (tertiary/aromatic N) is 4. The summed E-state index contributed by atoms with van der Waals surface area (Å²) in [4.78, 5) is 9.07. The van der Waals surface area contributed by atoms with Crippen LogP contribution < -0.4 is 11.1 Å². The van der Waals surface area contributed by atoms with E-state index in [-0.39, 0.29) is 27.7 Å². The Morgan fingerprint density at radius 1 is 1.06 bits per heavy atom. The van der Waals surface area contributed by atoms with Crippen LogP contribution in [0.5, 0.6) is 0 Å². The number of anilines is 1. The van der Waals surface area contributed by atoms with Gasteiger partial charge in [-0.2, -0.15) is 10.6 Å². The fourth-order valence-corrected chi connectivity index (χ4v) is 4.90. The molecule has 0 unspecified atom stereocenters. The first-order valence-electron chi connectivity index (χ1n) is 10.5. The van der Waals surface area contributed by atoms with E-state index in [0.717, 1.165) is 17.7 Å². The summed E-state index contributed by atoms with van der Waals surface area (Å²) < 4.78 is 26.7. The molecule has 0 saturated heterocycles. The van der Waals surface area contributed by atoms with Crippen LogP contribution in [-0.2, 0) is 6.54 Å². The minimum atomic E-state index is -3.02. The Labute approximate surface area is 203 Å². The van der Waals surface area contributed by atoms with Crippen molar-refractivity contribution in [1.82, 2.24) is 25.5 Å². The molecule has 34 heavy (non-hydrogen) atoms. The largest absolute Gasteiger partial charge is 0.414 e. The SMILES string of the molecule is CNCc1ccc(-c2nnc(-c3nc(-c4ccc(S(O)(O)C(C)C)c(Cl)c4)cnc3N)o2)cc1. The first-order valence-corrected chi connectivity index (χ1v) is 12.5. The first kappa shape index (κ1) is 24.1. The van der Waals surface area contributed by atoms with Crippen molar-refractivity contribution in [2.45, 2.75) is 30.5 Å². The van der Waals surface area contributed by atoms with Gasteiger partial charge >= 0.3 is 0 Å². The van der Waals surface area contributed by atoms with E-state index in [4.69, 9.17) is 21.8 Å². The van der Waals surface area contributed by atoms with Gasteiger partial charge in [0.05, 0.1) is 21.8 Å². The van der Waals surface area contributed by atoms with Crippen LogP contribution in [0, 0.1) is 0 Å². The highest BCUT2D eigenvalue weighted by molar-refractivity contribution is 8.24. The summed E-state index contributed by atoms with van der Waals surface area (Å²) in [7, 11) is -1.13. The lowest BCUT2D eigenvalue weighted by Crippen LogP contribution is -2.11. The van der Waals surface area contributed by atoms with E-state index in [1.54, 1.807) is 32.0 Å². The summed E-state index contributed by atoms with van der Waals surface area (Å²) >= 11 is 6.38. The molecule has 0 aliphatic carbocycles. The van der Waals surface area contributed by atoms with Gasteiger partial charge in [0.1, 0.15) is 0 Å². The lowest BCUT2D eigenvalue weighted by Gasteiger charge is -2.37. The van der Waals surface area contributed by atoms with Gasteiger partial charge in [0.15, 0.2) is 11.5 Å². The van der Waals surface area contributed by atoms with E-state index in [1.807, 2.05) is 31.3 Å². The van der Waals surface area contributed by atoms with Gasteiger partial charge in [-0.15, -0.1) is 10.2 Å². The zero-order valence-electron chi connectivity index (χ0n) is 18.9. The molecule has 4 aromatic rings. The van der Waals surface area contributed by atoms with E-state index >= 15 is 0 Å². The molecule has 2 aromatic carbocycles. The van der Waals surface area contributed by atoms with Crippen LogP contribution in [0.15, 0.2) is 58.0 Å². The Bertz CT molecular complexity index is 1310. The lowest BCUT2D eigenvalue weighted by atomic mass is 10.1. The Kier molecular flexibility index (Phi) is 6.87. The molecule has 0 atom stereocenters. The van der Waals surface area contributed by atoms with Crippen LogP contribution in [0.3, 0.4) is 0 Å². The molecular formula is C23H25ClN6O3S. The van der Waals surface area contributed by atoms with Crippen molar-refractivity contribution in [2.75, 3.05) is 12.8 Å². The molecule has 178 valence electrons. The van der Waals surface area contributed by atoms with Gasteiger partial charge in [-0.05, 0) is 50.7 Å². The number of nitrogen functional groups attached to an aromatic ring is 1. The molecule has 0 fully saturated rings. The fraction of sp³-hybridized carbons (Fsp3) is 0.217. The number of rotatable bonds is 7. The second kappa shape index (κ2) is 9.69. The highest BCUT2D eigenvalue weighted by atomic mass is 35.5. The third-order valence-corrected chi connectivity index (χ3v) is 7.96. The minimum Gasteiger partial charge on any atom is -0.414 e. The summed E-state index contributed by atoms with van der Waals surface area (Å²) in [6.07, 6.45) is 1.50. The summed E-state index contributed by atoms with van der Waals surface area (Å²) in [5.74, 6) is 0.613. The number of nitrogens with one attached hydrogen (secondary N) is 1. The summed E-state index contributed by atoms with van der Waals surface area (Å²) in [6.45, 7) is 4.22. The molecule has 5 N–H and O–H groups in total. The van der Waals surface area contributed by atoms with Crippen LogP contribution in [0.25, 0.3) is 34.3 Å². The molecule has 0 aliphatic heterocycles. The van der Waals surface area contributed by atoms with Crippen molar-refractivity contribution in [2.24, 2.45) is 0 Å². The molecule has 0 aliphatic rings. The van der Waals surface area contributed by atoms with Gasteiger partial charge in [-0.25, -0.2) is 9.97 Å². The Morgan fingerprint density at radius 3 is 2.38 bits per heavy atom. The van der Waals surface area contributed by atoms with E-state index in [1.165, 1.54) is 6.20 Å². The Hall–Kier alpha value is -3.02. The molecule has 0 saturated carbocycles. The van der Waals surface area contributed by atoms with Gasteiger partial charge in [-0.3, -0.25) is 9.11 Å². The average Bonchev–Trinajstić information content (AvgIpc) is 3.30. The van der Waals surface area contributed by atoms with Crippen LogP contribution in [-0.4, -0.2) is 41.6 Å². The topological polar surface area (TPSA) is 143 Å². The van der Waals surface area contributed by atoms with Gasteiger partial charge in [0, 0.05) is 22.9 Å². The molecule has 4 rings (SSSR count). The van der Waals surface area contributed by atoms with E-state index in [9.17, 15) is 9.11 Å². The summed E-state index contributed by atoms with van der Waals surface area (Å²) in [5, 5.41) is 11.2. The maximum atomic E-state index is 10.5. The van der Waals surface area contributed by atoms with Crippen LogP contribution in [0.2, 0.25) is 5.02 Å². The van der Waals surface area contributed by atoms with Crippen molar-refractivity contribution in [1.29, 1.82) is 0 Å². The average molecular weight is 501 g/mol. The van der Waals surface area contributed by atoms with Gasteiger partial charge in [-0.1, -0.05) is 29.8 Å². The first-order chi connectivity index (χ1) is 16.2. The molecule has 2 aromatic heterocycles. The van der Waals surface area contributed by atoms with Gasteiger partial charge in [0.25, 0.3) is 5.89 Å². The van der Waals surface area contributed by atoms with Crippen molar-refractivity contribution >= 4 is 28.0 Å². The second-order valence-electron chi connectivity index (χ2n) is 7.92. The van der Waals surface area contributed by atoms with E-state index in [0.29, 0.717) is 22.0 Å². The van der Waals surface area contributed by atoms with Gasteiger partial charge in [0.2, 0.25) is 5.89 Å². The standard InChI is InChI=1S/C23H25ClN6O3S/c1-13(2)34(31,32)19-9-8-16(10-17(19)24)18-12-27-21(25)20(28-18)23-30-29-22(33-23)15-6-4-14(5-7-15)11-26-3/h4-10,12-13,26,31-32H,11H2,1-3H3,(H2,25,27). The highest BCUT2D eigenvalue weighted by Crippen LogP contribution is 2.55. The van der Waals surface area contributed by atoms with Crippen molar-refractivity contribution in [3.63, 3.8) is 0 Å². The number of benzene rings is 2. The van der Waals surface area contributed by atoms with Crippen LogP contribution in [0.4, 0.5) is 5.82 Å². The normalized spacial score (nSPS) is 12.3. The molecular weight excluding hydrogens is 476 g/mol. The zero-order valence-corrected chi connectivity index (χ0v) is 20.4. The van der Waals surface area contributed by atoms with E-state index < -0.39 is 10.6 Å². The number of nitrogens with two attached hydrogens (primary N) is 1. The van der Waals surface area contributed by atoms with Crippen molar-refractivity contribution < 1.29 is 13.5 Å². The molecule has 0 amide bonds. The molecule has 2 heterocycles. The smallest absolute Gasteiger partial charge is 0.270 e. The predicted molar refractivity (Wildman–Crippen MR) is 135 cm³/mol. The van der Waals surface area contributed by atoms with Crippen molar-refractivity contribution in [3.8, 4) is 34.3 Å². The maximum Gasteiger partial charge on any atom is 0.270 e. The number of halogens is 1. The monoisotopic (exact) mass is 500 g/mol. The Balaban J connectivity index is 1.65. The van der Waals surface area contributed by atoms with E-state index in [2.05, 4.69) is 25.5 Å². The quantitative estimate of drug-likeness (QED) is 0.264. The van der Waals surface area contributed by atoms with Gasteiger partial charge < -0.3 is 15.5 Å². The lowest BCUT2D eigenvalue weighted by molar-refractivity contribution is 0.476. The molecule has 0 radical (unpaired) electrons. The second-order valence-corrected chi connectivity index (χ2v) is 10.9. The highest BCUT2D eigenvalue weighted by Gasteiger charge is 2.24. The fourth-order valence-electron chi connectivity index (χ4n) is 3.26. The minimum absolute atomic E-state index is 0.137. The van der Waals surface area contributed by atoms with Crippen LogP contribution in [0.1, 0.15) is 19.4 Å². The third-order valence-electron chi connectivity index (χ3n) is 5.22. The summed E-state index contributed by atoms with van der Waals surface area (Å²) in [5.41, 5.74) is 9.29. The summed E-state index contributed by atoms with van der Waals surface area (Å²) in [6, 6.07) is 12.7. The number of hydrogen-bond donors (Lipinski definition) is 4. The van der Waals surface area contributed by atoms with Crippen molar-refractivity contribution in [3.05, 3.63) is 59.2 Å². The molecule has 9 nitrogen and oxygen atoms in total. The number of aromatic nitrogens is 4.